The van der Waals surface area contributed by atoms with E-state index in [0.717, 1.165) is 6.54 Å². The first-order valence-corrected chi connectivity index (χ1v) is 6.33. The molecule has 0 fully saturated rings. The summed E-state index contributed by atoms with van der Waals surface area (Å²) >= 11 is 0. The Morgan fingerprint density at radius 2 is 1.27 bits per heavy atom. The third-order valence-corrected chi connectivity index (χ3v) is 5.20. The Labute approximate surface area is 97.0 Å². The largest absolute Gasteiger partial charge is 0.319 e. The second kappa shape index (κ2) is 4.86. The van der Waals surface area contributed by atoms with Gasteiger partial charge < -0.3 is 5.32 Å². The molecule has 1 nitrogen and oxygen atoms in total. The van der Waals surface area contributed by atoms with Crippen LogP contribution in [-0.2, 0) is 0 Å². The van der Waals surface area contributed by atoms with Crippen molar-refractivity contribution in [3.63, 3.8) is 0 Å². The average Bonchev–Trinajstić information content (AvgIpc) is 2.15. The molecule has 0 bridgehead atoms. The third kappa shape index (κ3) is 2.55. The highest BCUT2D eigenvalue weighted by Crippen LogP contribution is 2.55. The van der Waals surface area contributed by atoms with Crippen LogP contribution in [0.5, 0.6) is 0 Å². The Bertz CT molecular complexity index is 194. The lowest BCUT2D eigenvalue weighted by Gasteiger charge is -2.54. The van der Waals surface area contributed by atoms with E-state index in [2.05, 4.69) is 60.8 Å². The Morgan fingerprint density at radius 3 is 1.53 bits per heavy atom. The first kappa shape index (κ1) is 15.0. The topological polar surface area (TPSA) is 12.0 Å². The van der Waals surface area contributed by atoms with Crippen LogP contribution in [0.25, 0.3) is 0 Å². The Hall–Kier alpha value is -0.0400. The van der Waals surface area contributed by atoms with E-state index in [-0.39, 0.29) is 0 Å². The van der Waals surface area contributed by atoms with Gasteiger partial charge in [0.1, 0.15) is 0 Å². The highest BCUT2D eigenvalue weighted by Gasteiger charge is 2.48. The molecule has 0 radical (unpaired) electrons. The molecule has 15 heavy (non-hydrogen) atoms. The predicted molar refractivity (Wildman–Crippen MR) is 70.2 cm³/mol. The molecule has 0 aliphatic heterocycles. The summed E-state index contributed by atoms with van der Waals surface area (Å²) in [7, 11) is 2.05. The van der Waals surface area contributed by atoms with Gasteiger partial charge in [0.25, 0.3) is 0 Å². The van der Waals surface area contributed by atoms with Gasteiger partial charge in [-0.25, -0.2) is 0 Å². The second-order valence-electron chi connectivity index (χ2n) is 6.34. The maximum absolute atomic E-state index is 3.34. The summed E-state index contributed by atoms with van der Waals surface area (Å²) in [6.07, 6.45) is 2.48. The molecule has 92 valence electrons. The SMILES string of the molecule is CCC(C)(C)C(C)(CC)C(C)(C)CNC. The number of hydrogen-bond acceptors (Lipinski definition) is 1. The zero-order valence-corrected chi connectivity index (χ0v) is 12.1. The highest BCUT2D eigenvalue weighted by atomic mass is 14.8. The van der Waals surface area contributed by atoms with E-state index in [1.165, 1.54) is 12.8 Å². The van der Waals surface area contributed by atoms with E-state index in [1.54, 1.807) is 0 Å². The predicted octanol–water partition coefficient (Wildman–Crippen LogP) is 4.08. The van der Waals surface area contributed by atoms with Crippen LogP contribution in [0.15, 0.2) is 0 Å². The molecule has 0 aliphatic rings. The van der Waals surface area contributed by atoms with Gasteiger partial charge in [-0.05, 0) is 29.7 Å². The van der Waals surface area contributed by atoms with Crippen molar-refractivity contribution in [2.24, 2.45) is 16.2 Å². The van der Waals surface area contributed by atoms with Crippen LogP contribution in [0.2, 0.25) is 0 Å². The van der Waals surface area contributed by atoms with Gasteiger partial charge in [0.05, 0.1) is 0 Å². The van der Waals surface area contributed by atoms with Gasteiger partial charge in [-0.2, -0.15) is 0 Å². The molecule has 0 saturated carbocycles. The molecule has 1 heteroatoms. The Morgan fingerprint density at radius 1 is 0.800 bits per heavy atom. The van der Waals surface area contributed by atoms with Crippen LogP contribution < -0.4 is 5.32 Å². The van der Waals surface area contributed by atoms with E-state index in [1.807, 2.05) is 0 Å². The van der Waals surface area contributed by atoms with E-state index < -0.39 is 0 Å². The standard InChI is InChI=1S/C14H31N/c1-9-12(3,4)14(7,10-2)13(5,6)11-15-8/h15H,9-11H2,1-8H3. The molecule has 0 aromatic rings. The van der Waals surface area contributed by atoms with Gasteiger partial charge in [0.2, 0.25) is 0 Å². The van der Waals surface area contributed by atoms with Gasteiger partial charge >= 0.3 is 0 Å². The van der Waals surface area contributed by atoms with E-state index >= 15 is 0 Å². The molecule has 1 unspecified atom stereocenters. The molecule has 0 rings (SSSR count). The van der Waals surface area contributed by atoms with E-state index in [9.17, 15) is 0 Å². The molecule has 0 aromatic heterocycles. The molecular weight excluding hydrogens is 182 g/mol. The van der Waals surface area contributed by atoms with Crippen LogP contribution in [0.4, 0.5) is 0 Å². The van der Waals surface area contributed by atoms with Crippen molar-refractivity contribution in [2.75, 3.05) is 13.6 Å². The summed E-state index contributed by atoms with van der Waals surface area (Å²) in [5, 5.41) is 3.34. The summed E-state index contributed by atoms with van der Waals surface area (Å²) in [6, 6.07) is 0. The van der Waals surface area contributed by atoms with Crippen LogP contribution in [0, 0.1) is 16.2 Å². The average molecular weight is 213 g/mol. The molecule has 0 aliphatic carbocycles. The van der Waals surface area contributed by atoms with E-state index in [0.29, 0.717) is 16.2 Å². The maximum atomic E-state index is 3.34. The quantitative estimate of drug-likeness (QED) is 0.701. The minimum atomic E-state index is 0.329. The van der Waals surface area contributed by atoms with Crippen molar-refractivity contribution >= 4 is 0 Å². The second-order valence-corrected chi connectivity index (χ2v) is 6.34. The molecular formula is C14H31N. The lowest BCUT2D eigenvalue weighted by molar-refractivity contribution is -0.0410. The molecule has 1 N–H and O–H groups in total. The molecule has 0 spiro atoms. The molecule has 0 aromatic carbocycles. The fourth-order valence-corrected chi connectivity index (χ4v) is 2.90. The normalized spacial score (nSPS) is 17.6. The van der Waals surface area contributed by atoms with Gasteiger partial charge in [-0.3, -0.25) is 0 Å². The number of hydrogen-bond donors (Lipinski definition) is 1. The van der Waals surface area contributed by atoms with Gasteiger partial charge in [0, 0.05) is 6.54 Å². The van der Waals surface area contributed by atoms with Crippen LogP contribution in [-0.4, -0.2) is 13.6 Å². The zero-order chi connectivity index (χ0) is 12.3. The van der Waals surface area contributed by atoms with Crippen molar-refractivity contribution in [3.8, 4) is 0 Å². The molecule has 0 amide bonds. The third-order valence-electron chi connectivity index (χ3n) is 5.20. The summed E-state index contributed by atoms with van der Waals surface area (Å²) in [4.78, 5) is 0. The summed E-state index contributed by atoms with van der Waals surface area (Å²) in [5.74, 6) is 0. The van der Waals surface area contributed by atoms with Crippen LogP contribution in [0.3, 0.4) is 0 Å². The van der Waals surface area contributed by atoms with Crippen molar-refractivity contribution in [1.82, 2.24) is 5.32 Å². The maximum Gasteiger partial charge on any atom is 0.000493 e. The zero-order valence-electron chi connectivity index (χ0n) is 12.1. The minimum absolute atomic E-state index is 0.329. The minimum Gasteiger partial charge on any atom is -0.319 e. The molecule has 0 heterocycles. The summed E-state index contributed by atoms with van der Waals surface area (Å²) in [6.45, 7) is 17.8. The fraction of sp³-hybridized carbons (Fsp3) is 1.00. The van der Waals surface area contributed by atoms with Crippen molar-refractivity contribution in [1.29, 1.82) is 0 Å². The molecule has 0 saturated heterocycles. The van der Waals surface area contributed by atoms with Crippen molar-refractivity contribution in [2.45, 2.75) is 61.3 Å². The number of rotatable bonds is 6. The Kier molecular flexibility index (Phi) is 4.85. The van der Waals surface area contributed by atoms with Gasteiger partial charge in [-0.15, -0.1) is 0 Å². The lowest BCUT2D eigenvalue weighted by atomic mass is 9.52. The summed E-state index contributed by atoms with van der Waals surface area (Å²) in [5.41, 5.74) is 1.09. The van der Waals surface area contributed by atoms with Crippen molar-refractivity contribution < 1.29 is 0 Å². The van der Waals surface area contributed by atoms with Crippen LogP contribution in [0.1, 0.15) is 61.3 Å². The number of nitrogens with one attached hydrogen (secondary N) is 1. The monoisotopic (exact) mass is 213 g/mol. The first-order chi connectivity index (χ1) is 6.68. The smallest absolute Gasteiger partial charge is 0.000493 e. The van der Waals surface area contributed by atoms with Gasteiger partial charge in [-0.1, -0.05) is 54.9 Å². The lowest BCUT2D eigenvalue weighted by Crippen LogP contribution is -2.50. The highest BCUT2D eigenvalue weighted by molar-refractivity contribution is 4.98. The molecule has 1 atom stereocenters. The Balaban J connectivity index is 5.16. The fourth-order valence-electron chi connectivity index (χ4n) is 2.90. The van der Waals surface area contributed by atoms with E-state index in [4.69, 9.17) is 0 Å². The van der Waals surface area contributed by atoms with Crippen molar-refractivity contribution in [3.05, 3.63) is 0 Å². The van der Waals surface area contributed by atoms with Crippen LogP contribution >= 0.6 is 0 Å². The first-order valence-electron chi connectivity index (χ1n) is 6.33. The van der Waals surface area contributed by atoms with Gasteiger partial charge in [0.15, 0.2) is 0 Å². The summed E-state index contributed by atoms with van der Waals surface area (Å²) < 4.78 is 0.